The number of hydrogen-bond acceptors (Lipinski definition) is 4. The first-order valence-corrected chi connectivity index (χ1v) is 9.97. The second-order valence-electron chi connectivity index (χ2n) is 6.81. The highest BCUT2D eigenvalue weighted by Crippen LogP contribution is 2.24. The highest BCUT2D eigenvalue weighted by Gasteiger charge is 2.09. The van der Waals surface area contributed by atoms with Crippen molar-refractivity contribution in [3.05, 3.63) is 90.0 Å². The molecule has 3 aromatic rings. The molecule has 1 N–H and O–H groups in total. The molecule has 0 bridgehead atoms. The molecule has 0 aromatic heterocycles. The van der Waals surface area contributed by atoms with E-state index in [1.807, 2.05) is 73.7 Å². The van der Waals surface area contributed by atoms with Crippen LogP contribution in [0.3, 0.4) is 0 Å². The molecular weight excluding hydrogens is 378 g/mol. The summed E-state index contributed by atoms with van der Waals surface area (Å²) in [5.74, 6) is 0.116. The van der Waals surface area contributed by atoms with Crippen LogP contribution in [0.4, 0.5) is 0 Å². The lowest BCUT2D eigenvalue weighted by Gasteiger charge is -2.09. The number of carbonyl (C=O) groups is 2. The topological polar surface area (TPSA) is 64.6 Å². The van der Waals surface area contributed by atoms with E-state index in [1.54, 1.807) is 12.1 Å². The maximum absolute atomic E-state index is 12.4. The van der Waals surface area contributed by atoms with E-state index < -0.39 is 0 Å². The maximum atomic E-state index is 12.4. The molecule has 0 atom stereocenters. The molecule has 0 aliphatic rings. The summed E-state index contributed by atoms with van der Waals surface area (Å²) < 4.78 is 10.9. The summed E-state index contributed by atoms with van der Waals surface area (Å²) in [6.07, 6.45) is 0.888. The molecular formula is C25H25NO4. The molecule has 5 nitrogen and oxygen atoms in total. The molecule has 1 amide bonds. The van der Waals surface area contributed by atoms with Gasteiger partial charge in [-0.15, -0.1) is 0 Å². The number of amides is 1. The van der Waals surface area contributed by atoms with Gasteiger partial charge in [0.15, 0.2) is 6.61 Å². The third-order valence-corrected chi connectivity index (χ3v) is 4.44. The molecule has 5 heteroatoms. The van der Waals surface area contributed by atoms with Gasteiger partial charge in [0.1, 0.15) is 12.4 Å². The average Bonchev–Trinajstić information content (AvgIpc) is 2.81. The number of benzene rings is 3. The van der Waals surface area contributed by atoms with E-state index in [1.165, 1.54) is 0 Å². The third-order valence-electron chi connectivity index (χ3n) is 4.44. The van der Waals surface area contributed by atoms with Crippen molar-refractivity contribution in [2.45, 2.75) is 20.0 Å². The predicted molar refractivity (Wildman–Crippen MR) is 116 cm³/mol. The van der Waals surface area contributed by atoms with Crippen molar-refractivity contribution >= 4 is 11.9 Å². The van der Waals surface area contributed by atoms with Crippen LogP contribution in [-0.2, 0) is 16.1 Å². The van der Waals surface area contributed by atoms with Gasteiger partial charge in [0.05, 0.1) is 5.56 Å². The molecule has 0 unspecified atom stereocenters. The van der Waals surface area contributed by atoms with E-state index in [0.29, 0.717) is 17.9 Å². The van der Waals surface area contributed by atoms with Crippen LogP contribution in [0.15, 0.2) is 78.9 Å². The van der Waals surface area contributed by atoms with Gasteiger partial charge in [-0.3, -0.25) is 4.79 Å². The summed E-state index contributed by atoms with van der Waals surface area (Å²) in [5, 5.41) is 2.77. The number of nitrogens with one attached hydrogen (secondary N) is 1. The molecule has 3 aromatic carbocycles. The lowest BCUT2D eigenvalue weighted by molar-refractivity contribution is -0.123. The third kappa shape index (κ3) is 6.21. The number of carbonyl (C=O) groups excluding carboxylic acids is 2. The van der Waals surface area contributed by atoms with Gasteiger partial charge in [-0.1, -0.05) is 61.5 Å². The minimum atomic E-state index is -0.362. The quantitative estimate of drug-likeness (QED) is 0.530. The average molecular weight is 403 g/mol. The molecule has 0 aliphatic carbocycles. The molecule has 0 heterocycles. The summed E-state index contributed by atoms with van der Waals surface area (Å²) in [7, 11) is 0. The smallest absolute Gasteiger partial charge is 0.338 e. The van der Waals surface area contributed by atoms with E-state index >= 15 is 0 Å². The lowest BCUT2D eigenvalue weighted by Crippen LogP contribution is -2.29. The highest BCUT2D eigenvalue weighted by atomic mass is 16.5. The molecule has 0 fully saturated rings. The molecule has 0 saturated heterocycles. The zero-order chi connectivity index (χ0) is 21.2. The first-order chi connectivity index (χ1) is 14.7. The van der Waals surface area contributed by atoms with Crippen molar-refractivity contribution in [1.82, 2.24) is 5.32 Å². The SMILES string of the molecule is CCCNC(=O)COc1ccc(-c2cccc(C(=O)OCc3ccccc3)c2)cc1. The van der Waals surface area contributed by atoms with Crippen LogP contribution in [0, 0.1) is 0 Å². The Labute approximate surface area is 176 Å². The van der Waals surface area contributed by atoms with Gasteiger partial charge in [0.25, 0.3) is 5.91 Å². The number of rotatable bonds is 9. The van der Waals surface area contributed by atoms with Gasteiger partial charge in [0, 0.05) is 6.54 Å². The van der Waals surface area contributed by atoms with Gasteiger partial charge < -0.3 is 14.8 Å². The number of hydrogen-bond donors (Lipinski definition) is 1. The summed E-state index contributed by atoms with van der Waals surface area (Å²) in [4.78, 5) is 24.0. The molecule has 30 heavy (non-hydrogen) atoms. The standard InChI is InChI=1S/C25H25NO4/c1-2-15-26-24(27)18-29-23-13-11-20(12-14-23)21-9-6-10-22(16-21)25(28)30-17-19-7-4-3-5-8-19/h3-14,16H,2,15,17-18H2,1H3,(H,26,27). The lowest BCUT2D eigenvalue weighted by atomic mass is 10.0. The Morgan fingerprint density at radius 2 is 1.63 bits per heavy atom. The monoisotopic (exact) mass is 403 g/mol. The van der Waals surface area contributed by atoms with E-state index in [9.17, 15) is 9.59 Å². The van der Waals surface area contributed by atoms with Crippen molar-refractivity contribution in [3.63, 3.8) is 0 Å². The van der Waals surface area contributed by atoms with Crippen LogP contribution in [0.1, 0.15) is 29.3 Å². The zero-order valence-electron chi connectivity index (χ0n) is 17.0. The summed E-state index contributed by atoms with van der Waals surface area (Å²) >= 11 is 0. The maximum Gasteiger partial charge on any atom is 0.338 e. The fourth-order valence-corrected chi connectivity index (χ4v) is 2.84. The Bertz CT molecular complexity index is 968. The fourth-order valence-electron chi connectivity index (χ4n) is 2.84. The van der Waals surface area contributed by atoms with Crippen LogP contribution in [0.5, 0.6) is 5.75 Å². The Morgan fingerprint density at radius 3 is 2.37 bits per heavy atom. The van der Waals surface area contributed by atoms with Crippen molar-refractivity contribution in [1.29, 1.82) is 0 Å². The van der Waals surface area contributed by atoms with Crippen LogP contribution >= 0.6 is 0 Å². The van der Waals surface area contributed by atoms with Crippen molar-refractivity contribution in [3.8, 4) is 16.9 Å². The Morgan fingerprint density at radius 1 is 0.867 bits per heavy atom. The van der Waals surface area contributed by atoms with Crippen LogP contribution in [0.2, 0.25) is 0 Å². The second kappa shape index (κ2) is 10.8. The second-order valence-corrected chi connectivity index (χ2v) is 6.81. The first kappa shape index (κ1) is 21.1. The summed E-state index contributed by atoms with van der Waals surface area (Å²) in [6.45, 7) is 2.87. The van der Waals surface area contributed by atoms with Crippen molar-refractivity contribution in [2.75, 3.05) is 13.2 Å². The van der Waals surface area contributed by atoms with Gasteiger partial charge in [-0.2, -0.15) is 0 Å². The predicted octanol–water partition coefficient (Wildman–Crippen LogP) is 4.62. The van der Waals surface area contributed by atoms with Crippen molar-refractivity contribution in [2.24, 2.45) is 0 Å². The molecule has 154 valence electrons. The summed E-state index contributed by atoms with van der Waals surface area (Å²) in [6, 6.07) is 24.3. The van der Waals surface area contributed by atoms with E-state index in [-0.39, 0.29) is 25.1 Å². The largest absolute Gasteiger partial charge is 0.484 e. The molecule has 3 rings (SSSR count). The minimum Gasteiger partial charge on any atom is -0.484 e. The number of ether oxygens (including phenoxy) is 2. The molecule has 0 saturated carbocycles. The van der Waals surface area contributed by atoms with Gasteiger partial charge in [-0.25, -0.2) is 4.79 Å². The normalized spacial score (nSPS) is 10.3. The van der Waals surface area contributed by atoms with Gasteiger partial charge in [0.2, 0.25) is 0 Å². The van der Waals surface area contributed by atoms with E-state index in [0.717, 1.165) is 23.1 Å². The van der Waals surface area contributed by atoms with Crippen LogP contribution in [-0.4, -0.2) is 25.0 Å². The molecule has 0 spiro atoms. The molecule has 0 radical (unpaired) electrons. The Hall–Kier alpha value is -3.60. The van der Waals surface area contributed by atoms with Crippen LogP contribution in [0.25, 0.3) is 11.1 Å². The Kier molecular flexibility index (Phi) is 7.61. The highest BCUT2D eigenvalue weighted by molar-refractivity contribution is 5.91. The van der Waals surface area contributed by atoms with Crippen molar-refractivity contribution < 1.29 is 19.1 Å². The fraction of sp³-hybridized carbons (Fsp3) is 0.200. The van der Waals surface area contributed by atoms with Crippen LogP contribution < -0.4 is 10.1 Å². The van der Waals surface area contributed by atoms with E-state index in [4.69, 9.17) is 9.47 Å². The van der Waals surface area contributed by atoms with Gasteiger partial charge in [-0.05, 0) is 47.4 Å². The summed E-state index contributed by atoms with van der Waals surface area (Å²) in [5.41, 5.74) is 3.28. The zero-order valence-corrected chi connectivity index (χ0v) is 17.0. The Balaban J connectivity index is 1.59. The number of esters is 1. The first-order valence-electron chi connectivity index (χ1n) is 9.97. The molecule has 0 aliphatic heterocycles. The minimum absolute atomic E-state index is 0.0118. The van der Waals surface area contributed by atoms with E-state index in [2.05, 4.69) is 5.32 Å². The van der Waals surface area contributed by atoms with Gasteiger partial charge >= 0.3 is 5.97 Å².